The molecule has 1 N–H and O–H groups in total. The van der Waals surface area contributed by atoms with Crippen LogP contribution in [0.15, 0.2) is 36.7 Å². The van der Waals surface area contributed by atoms with Crippen LogP contribution in [-0.4, -0.2) is 45.4 Å². The lowest BCUT2D eigenvalue weighted by Gasteiger charge is -2.15. The summed E-state index contributed by atoms with van der Waals surface area (Å²) >= 11 is 0. The Balaban J connectivity index is 1.57. The molecule has 128 valence electrons. The van der Waals surface area contributed by atoms with Crippen LogP contribution in [0.25, 0.3) is 0 Å². The van der Waals surface area contributed by atoms with Gasteiger partial charge < -0.3 is 10.2 Å². The molecule has 2 aromatic heterocycles. The number of hydrogen-bond donors (Lipinski definition) is 1. The standard InChI is InChI=1S/C18H20N6O/c19-13-14(15-5-1-2-8-20-15)16-7-10-22-18(23-16)21-9-4-12-24-11-3-6-17(24)25/h1-2,5,7-8,10,14H,3-4,6,9,11-12H2,(H,21,22,23). The number of hydrogen-bond acceptors (Lipinski definition) is 6. The van der Waals surface area contributed by atoms with Gasteiger partial charge in [0.15, 0.2) is 0 Å². The monoisotopic (exact) mass is 336 g/mol. The Bertz CT molecular complexity index is 758. The maximum atomic E-state index is 11.6. The number of amides is 1. The first-order chi connectivity index (χ1) is 12.3. The van der Waals surface area contributed by atoms with Gasteiger partial charge in [0.05, 0.1) is 17.5 Å². The molecule has 7 heteroatoms. The normalized spacial score (nSPS) is 15.0. The van der Waals surface area contributed by atoms with Crippen molar-refractivity contribution in [2.24, 2.45) is 0 Å². The zero-order valence-electron chi connectivity index (χ0n) is 13.9. The summed E-state index contributed by atoms with van der Waals surface area (Å²) in [6, 6.07) is 9.46. The fraction of sp³-hybridized carbons (Fsp3) is 0.389. The summed E-state index contributed by atoms with van der Waals surface area (Å²) in [5.74, 6) is 0.207. The molecule has 0 radical (unpaired) electrons. The number of anilines is 1. The summed E-state index contributed by atoms with van der Waals surface area (Å²) in [5, 5.41) is 12.6. The Morgan fingerprint density at radius 1 is 1.24 bits per heavy atom. The van der Waals surface area contributed by atoms with Gasteiger partial charge in [-0.05, 0) is 31.0 Å². The van der Waals surface area contributed by atoms with Crippen molar-refractivity contribution in [1.29, 1.82) is 5.26 Å². The van der Waals surface area contributed by atoms with Crippen molar-refractivity contribution in [3.05, 3.63) is 48.0 Å². The van der Waals surface area contributed by atoms with Crippen LogP contribution >= 0.6 is 0 Å². The summed E-state index contributed by atoms with van der Waals surface area (Å²) in [6.45, 7) is 2.28. The zero-order chi connectivity index (χ0) is 17.5. The number of nitriles is 1. The topological polar surface area (TPSA) is 94.8 Å². The molecule has 3 heterocycles. The van der Waals surface area contributed by atoms with Gasteiger partial charge in [-0.15, -0.1) is 0 Å². The van der Waals surface area contributed by atoms with Gasteiger partial charge in [-0.3, -0.25) is 9.78 Å². The van der Waals surface area contributed by atoms with E-state index in [1.807, 2.05) is 23.1 Å². The lowest BCUT2D eigenvalue weighted by atomic mass is 10.0. The molecule has 1 atom stereocenters. The second-order valence-corrected chi connectivity index (χ2v) is 5.89. The minimum absolute atomic E-state index is 0.241. The fourth-order valence-electron chi connectivity index (χ4n) is 2.86. The number of nitrogens with one attached hydrogen (secondary N) is 1. The van der Waals surface area contributed by atoms with Crippen molar-refractivity contribution in [2.75, 3.05) is 25.0 Å². The Hall–Kier alpha value is -3.01. The summed E-state index contributed by atoms with van der Waals surface area (Å²) in [4.78, 5) is 26.3. The van der Waals surface area contributed by atoms with E-state index in [1.165, 1.54) is 0 Å². The molecular formula is C18H20N6O. The lowest BCUT2D eigenvalue weighted by molar-refractivity contribution is -0.127. The predicted molar refractivity (Wildman–Crippen MR) is 92.6 cm³/mol. The maximum Gasteiger partial charge on any atom is 0.222 e. The molecule has 0 aromatic carbocycles. The predicted octanol–water partition coefficient (Wildman–Crippen LogP) is 1.95. The van der Waals surface area contributed by atoms with Crippen LogP contribution in [0, 0.1) is 11.3 Å². The molecule has 1 fully saturated rings. The van der Waals surface area contributed by atoms with E-state index in [4.69, 9.17) is 0 Å². The van der Waals surface area contributed by atoms with E-state index in [0.29, 0.717) is 30.3 Å². The molecule has 0 bridgehead atoms. The molecule has 1 unspecified atom stereocenters. The van der Waals surface area contributed by atoms with Crippen LogP contribution in [0.4, 0.5) is 5.95 Å². The highest BCUT2D eigenvalue weighted by atomic mass is 16.2. The molecule has 1 saturated heterocycles. The van der Waals surface area contributed by atoms with E-state index in [2.05, 4.69) is 26.3 Å². The van der Waals surface area contributed by atoms with Crippen LogP contribution in [0.2, 0.25) is 0 Å². The number of nitrogens with zero attached hydrogens (tertiary/aromatic N) is 5. The molecule has 1 aliphatic rings. The van der Waals surface area contributed by atoms with Crippen LogP contribution in [0.3, 0.4) is 0 Å². The Labute approximate surface area is 146 Å². The molecular weight excluding hydrogens is 316 g/mol. The van der Waals surface area contributed by atoms with Crippen molar-refractivity contribution in [2.45, 2.75) is 25.2 Å². The average molecular weight is 336 g/mol. The molecule has 2 aromatic rings. The van der Waals surface area contributed by atoms with Crippen LogP contribution < -0.4 is 5.32 Å². The Morgan fingerprint density at radius 2 is 2.16 bits per heavy atom. The van der Waals surface area contributed by atoms with E-state index >= 15 is 0 Å². The molecule has 0 aliphatic carbocycles. The second kappa shape index (κ2) is 8.20. The number of aromatic nitrogens is 3. The van der Waals surface area contributed by atoms with Crippen molar-refractivity contribution >= 4 is 11.9 Å². The van der Waals surface area contributed by atoms with Gasteiger partial charge in [-0.25, -0.2) is 9.97 Å². The number of pyridine rings is 1. The third kappa shape index (κ3) is 4.29. The van der Waals surface area contributed by atoms with E-state index in [-0.39, 0.29) is 5.91 Å². The maximum absolute atomic E-state index is 11.6. The smallest absolute Gasteiger partial charge is 0.222 e. The summed E-state index contributed by atoms with van der Waals surface area (Å²) in [6.07, 6.45) is 5.77. The number of likely N-dealkylation sites (tertiary alicyclic amines) is 1. The first kappa shape index (κ1) is 16.8. The van der Waals surface area contributed by atoms with Gasteiger partial charge in [0, 0.05) is 38.4 Å². The fourth-order valence-corrected chi connectivity index (χ4v) is 2.86. The van der Waals surface area contributed by atoms with Gasteiger partial charge in [0.25, 0.3) is 0 Å². The quantitative estimate of drug-likeness (QED) is 0.777. The van der Waals surface area contributed by atoms with Gasteiger partial charge in [-0.2, -0.15) is 5.26 Å². The average Bonchev–Trinajstić information content (AvgIpc) is 3.06. The van der Waals surface area contributed by atoms with Gasteiger partial charge in [0.1, 0.15) is 5.92 Å². The third-order valence-electron chi connectivity index (χ3n) is 4.14. The van der Waals surface area contributed by atoms with E-state index < -0.39 is 5.92 Å². The van der Waals surface area contributed by atoms with Gasteiger partial charge in [0.2, 0.25) is 11.9 Å². The highest BCUT2D eigenvalue weighted by molar-refractivity contribution is 5.77. The SMILES string of the molecule is N#CC(c1ccccn1)c1ccnc(NCCCN2CCCC2=O)n1. The zero-order valence-corrected chi connectivity index (χ0v) is 13.9. The highest BCUT2D eigenvalue weighted by Crippen LogP contribution is 2.20. The summed E-state index contributed by atoms with van der Waals surface area (Å²) in [7, 11) is 0. The first-order valence-electron chi connectivity index (χ1n) is 8.43. The van der Waals surface area contributed by atoms with Crippen molar-refractivity contribution in [1.82, 2.24) is 19.9 Å². The second-order valence-electron chi connectivity index (χ2n) is 5.89. The number of carbonyl (C=O) groups excluding carboxylic acids is 1. The van der Waals surface area contributed by atoms with Crippen LogP contribution in [0.1, 0.15) is 36.6 Å². The van der Waals surface area contributed by atoms with Crippen LogP contribution in [0.5, 0.6) is 0 Å². The molecule has 1 aliphatic heterocycles. The molecule has 7 nitrogen and oxygen atoms in total. The third-order valence-corrected chi connectivity index (χ3v) is 4.14. The molecule has 25 heavy (non-hydrogen) atoms. The Morgan fingerprint density at radius 3 is 2.88 bits per heavy atom. The van der Waals surface area contributed by atoms with E-state index in [0.717, 1.165) is 25.9 Å². The molecule has 3 rings (SSSR count). The molecule has 0 spiro atoms. The lowest BCUT2D eigenvalue weighted by Crippen LogP contribution is -2.27. The van der Waals surface area contributed by atoms with E-state index in [1.54, 1.807) is 18.5 Å². The minimum atomic E-state index is -0.521. The highest BCUT2D eigenvalue weighted by Gasteiger charge is 2.19. The minimum Gasteiger partial charge on any atom is -0.354 e. The van der Waals surface area contributed by atoms with Crippen molar-refractivity contribution in [3.8, 4) is 6.07 Å². The Kier molecular flexibility index (Phi) is 5.52. The first-order valence-corrected chi connectivity index (χ1v) is 8.43. The van der Waals surface area contributed by atoms with Crippen molar-refractivity contribution in [3.63, 3.8) is 0 Å². The summed E-state index contributed by atoms with van der Waals surface area (Å²) in [5.41, 5.74) is 1.29. The molecule has 0 saturated carbocycles. The van der Waals surface area contributed by atoms with Crippen molar-refractivity contribution < 1.29 is 4.79 Å². The van der Waals surface area contributed by atoms with Gasteiger partial charge in [-0.1, -0.05) is 6.07 Å². The largest absolute Gasteiger partial charge is 0.354 e. The molecule has 1 amide bonds. The number of rotatable bonds is 7. The van der Waals surface area contributed by atoms with Gasteiger partial charge >= 0.3 is 0 Å². The van der Waals surface area contributed by atoms with E-state index in [9.17, 15) is 10.1 Å². The summed E-state index contributed by atoms with van der Waals surface area (Å²) < 4.78 is 0. The van der Waals surface area contributed by atoms with Crippen LogP contribution in [-0.2, 0) is 4.79 Å². The number of carbonyl (C=O) groups is 1.